The molecule has 422 valence electrons. The molecular weight excluding hydrogens is 1090 g/mol. The normalized spacial score (nSPS) is 12.8. The molecule has 0 bridgehead atoms. The van der Waals surface area contributed by atoms with E-state index >= 15 is 0 Å². The fourth-order valence-electron chi connectivity index (χ4n) is 16.3. The molecule has 0 unspecified atom stereocenters. The van der Waals surface area contributed by atoms with Gasteiger partial charge in [-0.05, 0) is 191 Å². The maximum Gasteiger partial charge on any atom is 0.252 e. The predicted molar refractivity (Wildman–Crippen MR) is 379 cm³/mol. The van der Waals surface area contributed by atoms with E-state index in [9.17, 15) is 0 Å². The number of para-hydroxylation sites is 4. The Balaban J connectivity index is 1.11. The first-order chi connectivity index (χ1) is 42.9. The van der Waals surface area contributed by atoms with E-state index in [1.165, 1.54) is 170 Å². The SMILES string of the molecule is Cc1cc(C)c(N(c2cc3c4c(c2)N(c2c(C)cc(C)cc2C)c2c(ccc5c2c2ccccc2n5-c2ccccc2)B4c2ccc4c(c2N3c2c(C)cc(C)cc2C)c2ccccc2n4-c2ccccc2)c2cccc3sc4ccccc4c23)c(C)c1. The summed E-state index contributed by atoms with van der Waals surface area (Å²) in [7, 11) is 0. The largest absolute Gasteiger partial charge is 0.310 e. The second-order valence-electron chi connectivity index (χ2n) is 25.0. The van der Waals surface area contributed by atoms with E-state index in [1.54, 1.807) is 0 Å². The van der Waals surface area contributed by atoms with Crippen LogP contribution >= 0.6 is 11.3 Å². The average molecular weight is 1150 g/mol. The van der Waals surface area contributed by atoms with Crippen molar-refractivity contribution in [2.45, 2.75) is 62.3 Å². The van der Waals surface area contributed by atoms with Crippen LogP contribution in [0.4, 0.5) is 51.2 Å². The van der Waals surface area contributed by atoms with Crippen molar-refractivity contribution in [3.63, 3.8) is 0 Å². The lowest BCUT2D eigenvalue weighted by molar-refractivity contribution is 1.17. The van der Waals surface area contributed by atoms with Gasteiger partial charge >= 0.3 is 0 Å². The van der Waals surface area contributed by atoms with E-state index < -0.39 is 0 Å². The monoisotopic (exact) mass is 1150 g/mol. The van der Waals surface area contributed by atoms with Crippen molar-refractivity contribution in [1.29, 1.82) is 0 Å². The second kappa shape index (κ2) is 19.5. The molecule has 0 atom stereocenters. The van der Waals surface area contributed by atoms with E-state index in [0.717, 1.165) is 22.7 Å². The molecule has 0 aliphatic carbocycles. The summed E-state index contributed by atoms with van der Waals surface area (Å²) in [5, 5.41) is 7.44. The average Bonchev–Trinajstić information content (AvgIpc) is 1.11. The van der Waals surface area contributed by atoms with Crippen molar-refractivity contribution >= 4 is 149 Å². The zero-order valence-corrected chi connectivity index (χ0v) is 51.9. The van der Waals surface area contributed by atoms with E-state index in [0.29, 0.717) is 0 Å². The first-order valence-electron chi connectivity index (χ1n) is 30.9. The Labute approximate surface area is 518 Å². The van der Waals surface area contributed by atoms with Crippen LogP contribution in [0.2, 0.25) is 0 Å². The predicted octanol–water partition coefficient (Wildman–Crippen LogP) is 20.6. The minimum absolute atomic E-state index is 0.194. The molecule has 0 N–H and O–H groups in total. The van der Waals surface area contributed by atoms with Crippen molar-refractivity contribution in [2.24, 2.45) is 0 Å². The number of benzene rings is 12. The van der Waals surface area contributed by atoms with Crippen LogP contribution in [0.25, 0.3) is 75.2 Å². The minimum Gasteiger partial charge on any atom is -0.310 e. The first kappa shape index (κ1) is 52.3. The van der Waals surface area contributed by atoms with Gasteiger partial charge in [-0.15, -0.1) is 11.3 Å². The number of rotatable bonds is 7. The number of nitrogens with zero attached hydrogens (tertiary/aromatic N) is 5. The molecular formula is C81H64BN5S. The number of fused-ring (bicyclic) bond motifs is 15. The molecule has 2 aliphatic heterocycles. The van der Waals surface area contributed by atoms with Crippen LogP contribution in [-0.4, -0.2) is 15.8 Å². The molecule has 15 aromatic rings. The zero-order chi connectivity index (χ0) is 59.5. The quantitative estimate of drug-likeness (QED) is 0.148. The molecule has 5 nitrogen and oxygen atoms in total. The lowest BCUT2D eigenvalue weighted by Gasteiger charge is -2.46. The van der Waals surface area contributed by atoms with Gasteiger partial charge in [-0.3, -0.25) is 0 Å². The lowest BCUT2D eigenvalue weighted by atomic mass is 9.33. The fraction of sp³-hybridized carbons (Fsp3) is 0.111. The highest BCUT2D eigenvalue weighted by Crippen LogP contribution is 2.56. The molecule has 2 aliphatic rings. The molecule has 12 aromatic carbocycles. The van der Waals surface area contributed by atoms with Gasteiger partial charge in [0.25, 0.3) is 6.71 Å². The van der Waals surface area contributed by atoms with Gasteiger partial charge in [-0.2, -0.15) is 0 Å². The third kappa shape index (κ3) is 7.47. The molecule has 0 saturated carbocycles. The van der Waals surface area contributed by atoms with Gasteiger partial charge in [0.05, 0.1) is 61.9 Å². The zero-order valence-electron chi connectivity index (χ0n) is 51.1. The van der Waals surface area contributed by atoms with Crippen molar-refractivity contribution < 1.29 is 0 Å². The van der Waals surface area contributed by atoms with E-state index in [1.807, 2.05) is 11.3 Å². The molecule has 7 heteroatoms. The number of anilines is 9. The number of hydrogen-bond donors (Lipinski definition) is 0. The van der Waals surface area contributed by atoms with E-state index in [4.69, 9.17) is 0 Å². The highest BCUT2D eigenvalue weighted by Gasteiger charge is 2.47. The number of thiophene rings is 1. The van der Waals surface area contributed by atoms with Crippen LogP contribution in [-0.2, 0) is 0 Å². The summed E-state index contributed by atoms with van der Waals surface area (Å²) in [4.78, 5) is 8.11. The lowest BCUT2D eigenvalue weighted by Crippen LogP contribution is -2.61. The molecule has 0 fully saturated rings. The highest BCUT2D eigenvalue weighted by atomic mass is 32.1. The smallest absolute Gasteiger partial charge is 0.252 e. The van der Waals surface area contributed by atoms with Gasteiger partial charge < -0.3 is 23.8 Å². The van der Waals surface area contributed by atoms with Crippen molar-refractivity contribution in [3.8, 4) is 11.4 Å². The summed E-state index contributed by atoms with van der Waals surface area (Å²) in [6, 6.07) is 85.5. The van der Waals surface area contributed by atoms with Gasteiger partial charge in [-0.25, -0.2) is 0 Å². The Morgan fingerprint density at radius 2 is 0.761 bits per heavy atom. The highest BCUT2D eigenvalue weighted by molar-refractivity contribution is 7.26. The molecule has 0 radical (unpaired) electrons. The van der Waals surface area contributed by atoms with Crippen molar-refractivity contribution in [3.05, 3.63) is 275 Å². The Bertz CT molecular complexity index is 5160. The summed E-state index contributed by atoms with van der Waals surface area (Å²) in [6.07, 6.45) is 0. The summed E-state index contributed by atoms with van der Waals surface area (Å²) in [5.41, 5.74) is 32.6. The number of aromatic nitrogens is 2. The second-order valence-corrected chi connectivity index (χ2v) is 26.1. The van der Waals surface area contributed by atoms with Gasteiger partial charge in [0.1, 0.15) is 0 Å². The molecule has 5 heterocycles. The van der Waals surface area contributed by atoms with Crippen LogP contribution in [0.5, 0.6) is 0 Å². The molecule has 17 rings (SSSR count). The van der Waals surface area contributed by atoms with Crippen LogP contribution in [0.3, 0.4) is 0 Å². The minimum atomic E-state index is -0.194. The molecule has 88 heavy (non-hydrogen) atoms. The maximum absolute atomic E-state index is 2.73. The van der Waals surface area contributed by atoms with Crippen molar-refractivity contribution in [1.82, 2.24) is 9.13 Å². The van der Waals surface area contributed by atoms with Gasteiger partial charge in [0, 0.05) is 64.5 Å². The molecule has 0 saturated heterocycles. The van der Waals surface area contributed by atoms with Crippen molar-refractivity contribution in [2.75, 3.05) is 14.7 Å². The molecule has 0 amide bonds. The van der Waals surface area contributed by atoms with Crippen LogP contribution in [0.15, 0.2) is 224 Å². The first-order valence-corrected chi connectivity index (χ1v) is 31.7. The fourth-order valence-corrected chi connectivity index (χ4v) is 17.4. The Hall–Kier alpha value is -10.1. The van der Waals surface area contributed by atoms with Crippen LogP contribution in [0, 0.1) is 62.3 Å². The molecule has 0 spiro atoms. The Morgan fingerprint density at radius 1 is 0.341 bits per heavy atom. The maximum atomic E-state index is 2.73. The van der Waals surface area contributed by atoms with E-state index in [-0.39, 0.29) is 6.71 Å². The number of hydrogen-bond acceptors (Lipinski definition) is 4. The number of aryl methyl sites for hydroxylation is 9. The summed E-state index contributed by atoms with van der Waals surface area (Å²) < 4.78 is 7.53. The summed E-state index contributed by atoms with van der Waals surface area (Å²) in [5.74, 6) is 0. The van der Waals surface area contributed by atoms with Crippen LogP contribution in [0.1, 0.15) is 50.1 Å². The standard InChI is InChI=1S/C81H64BN5S/c1-47-39-50(4)77(51(5)40-47)85(66-32-22-34-72-73(66)61-29-18-21-33-71(61)88-72)58-45-69-76-70(46-58)87(79-54(8)43-49(3)44-55(79)9)81-63(36-38-68-75(81)60-28-17-20-31-65(60)84(68)57-25-14-11-15-26-57)82(76)62-35-37-67-74(80(62)86(69)78-52(6)41-48(2)42-53(78)7)59-27-16-19-30-64(59)83(67)56-23-12-10-13-24-56/h10-46H,1-9H3. The summed E-state index contributed by atoms with van der Waals surface area (Å²) in [6.45, 7) is 20.5. The van der Waals surface area contributed by atoms with Gasteiger partial charge in [0.2, 0.25) is 0 Å². The van der Waals surface area contributed by atoms with Gasteiger partial charge in [0.15, 0.2) is 0 Å². The topological polar surface area (TPSA) is 19.6 Å². The summed E-state index contributed by atoms with van der Waals surface area (Å²) >= 11 is 1.88. The van der Waals surface area contributed by atoms with Gasteiger partial charge in [-0.1, -0.05) is 162 Å². The third-order valence-corrected chi connectivity index (χ3v) is 20.3. The Morgan fingerprint density at radius 3 is 1.25 bits per heavy atom. The van der Waals surface area contributed by atoms with E-state index in [2.05, 4.69) is 311 Å². The Kier molecular flexibility index (Phi) is 11.6. The molecule has 3 aromatic heterocycles. The third-order valence-electron chi connectivity index (χ3n) is 19.1. The van der Waals surface area contributed by atoms with Crippen LogP contribution < -0.4 is 31.1 Å².